The van der Waals surface area contributed by atoms with Gasteiger partial charge in [0.25, 0.3) is 0 Å². The smallest absolute Gasteiger partial charge is 0.148 e. The second kappa shape index (κ2) is 3.01. The normalized spacial score (nSPS) is 11.8. The third-order valence-electron chi connectivity index (χ3n) is 0.585. The lowest BCUT2D eigenvalue weighted by molar-refractivity contribution is 0.173. The van der Waals surface area contributed by atoms with Crippen molar-refractivity contribution in [1.29, 1.82) is 0 Å². The monoisotopic (exact) mass is 139 g/mol. The summed E-state index contributed by atoms with van der Waals surface area (Å²) in [6.45, 7) is 0.0961. The Morgan fingerprint density at radius 3 is 2.25 bits per heavy atom. The summed E-state index contributed by atoms with van der Waals surface area (Å²) >= 11 is 0. The molecule has 0 rings (SSSR count). The highest BCUT2D eigenvalue weighted by atomic mass is 32.2. The molecular weight excluding hydrogens is 130 g/mol. The topological polar surface area (TPSA) is 66.4 Å². The van der Waals surface area contributed by atoms with Crippen molar-refractivity contribution in [3.8, 4) is 0 Å². The predicted molar refractivity (Wildman–Crippen MR) is 29.5 cm³/mol. The van der Waals surface area contributed by atoms with Gasteiger partial charge in [-0.1, -0.05) is 0 Å². The van der Waals surface area contributed by atoms with Crippen LogP contribution in [0, 0.1) is 0 Å². The molecule has 50 valence electrons. The van der Waals surface area contributed by atoms with Crippen molar-refractivity contribution in [1.82, 2.24) is 5.48 Å². The quantitative estimate of drug-likeness (QED) is 0.493. The van der Waals surface area contributed by atoms with Gasteiger partial charge in [-0.25, -0.2) is 13.9 Å². The van der Waals surface area contributed by atoms with E-state index in [4.69, 9.17) is 5.21 Å². The largest absolute Gasteiger partial charge is 0.317 e. The van der Waals surface area contributed by atoms with Crippen molar-refractivity contribution in [2.45, 2.75) is 0 Å². The Labute approximate surface area is 48.4 Å². The Balaban J connectivity index is 3.42. The standard InChI is InChI=1S/C3H9NO3S/c1-8(6,7)3-2-4-5/h4-5H,2-3H2,1H3. The van der Waals surface area contributed by atoms with Gasteiger partial charge in [0.1, 0.15) is 9.84 Å². The SMILES string of the molecule is CS(=O)(=O)CCNO. The van der Waals surface area contributed by atoms with Gasteiger partial charge >= 0.3 is 0 Å². The van der Waals surface area contributed by atoms with Gasteiger partial charge in [0.2, 0.25) is 0 Å². The maximum atomic E-state index is 10.2. The first-order valence-electron chi connectivity index (χ1n) is 2.11. The molecule has 0 unspecified atom stereocenters. The van der Waals surface area contributed by atoms with Crippen LogP contribution in [0.2, 0.25) is 0 Å². The van der Waals surface area contributed by atoms with E-state index in [1.807, 2.05) is 0 Å². The molecular formula is C3H9NO3S. The summed E-state index contributed by atoms with van der Waals surface area (Å²) < 4.78 is 20.5. The molecule has 8 heavy (non-hydrogen) atoms. The Morgan fingerprint density at radius 2 is 2.12 bits per heavy atom. The van der Waals surface area contributed by atoms with Gasteiger partial charge in [-0.15, -0.1) is 0 Å². The van der Waals surface area contributed by atoms with Crippen LogP contribution in [-0.4, -0.2) is 32.2 Å². The number of rotatable bonds is 3. The maximum absolute atomic E-state index is 10.2. The second-order valence-electron chi connectivity index (χ2n) is 1.54. The third kappa shape index (κ3) is 5.87. The van der Waals surface area contributed by atoms with Crippen molar-refractivity contribution in [3.63, 3.8) is 0 Å². The minimum atomic E-state index is -2.91. The van der Waals surface area contributed by atoms with Crippen molar-refractivity contribution < 1.29 is 13.6 Å². The van der Waals surface area contributed by atoms with Crippen molar-refractivity contribution in [2.75, 3.05) is 18.6 Å². The van der Waals surface area contributed by atoms with Crippen LogP contribution in [0.4, 0.5) is 0 Å². The molecule has 0 heterocycles. The van der Waals surface area contributed by atoms with Crippen molar-refractivity contribution in [3.05, 3.63) is 0 Å². The molecule has 0 aromatic carbocycles. The van der Waals surface area contributed by atoms with E-state index < -0.39 is 9.84 Å². The zero-order valence-electron chi connectivity index (χ0n) is 4.59. The first-order chi connectivity index (χ1) is 3.56. The Kier molecular flexibility index (Phi) is 2.96. The highest BCUT2D eigenvalue weighted by molar-refractivity contribution is 7.90. The summed E-state index contributed by atoms with van der Waals surface area (Å²) in [5.41, 5.74) is 1.75. The molecule has 0 aliphatic carbocycles. The summed E-state index contributed by atoms with van der Waals surface area (Å²) in [6.07, 6.45) is 1.12. The van der Waals surface area contributed by atoms with Crippen molar-refractivity contribution in [2.24, 2.45) is 0 Å². The van der Waals surface area contributed by atoms with Crippen LogP contribution in [0.15, 0.2) is 0 Å². The fraction of sp³-hybridized carbons (Fsp3) is 1.00. The number of hydrogen-bond acceptors (Lipinski definition) is 4. The highest BCUT2D eigenvalue weighted by Crippen LogP contribution is 1.77. The lowest BCUT2D eigenvalue weighted by atomic mass is 10.8. The van der Waals surface area contributed by atoms with Crippen LogP contribution in [0.1, 0.15) is 0 Å². The van der Waals surface area contributed by atoms with Crippen LogP contribution in [-0.2, 0) is 9.84 Å². The molecule has 2 N–H and O–H groups in total. The minimum Gasteiger partial charge on any atom is -0.317 e. The molecule has 0 aliphatic rings. The van der Waals surface area contributed by atoms with Gasteiger partial charge in [-0.3, -0.25) is 0 Å². The first kappa shape index (κ1) is 7.87. The molecule has 0 radical (unpaired) electrons. The van der Waals surface area contributed by atoms with Gasteiger partial charge in [0.05, 0.1) is 5.75 Å². The molecule has 0 atom stereocenters. The number of sulfone groups is 1. The molecule has 0 aromatic rings. The van der Waals surface area contributed by atoms with Gasteiger partial charge in [-0.05, 0) is 0 Å². The summed E-state index contributed by atoms with van der Waals surface area (Å²) in [5.74, 6) is -0.0243. The first-order valence-corrected chi connectivity index (χ1v) is 4.17. The predicted octanol–water partition coefficient (Wildman–Crippen LogP) is -0.990. The van der Waals surface area contributed by atoms with Gasteiger partial charge < -0.3 is 5.21 Å². The Morgan fingerprint density at radius 1 is 1.62 bits per heavy atom. The summed E-state index contributed by atoms with van der Waals surface area (Å²) in [4.78, 5) is 0. The van der Waals surface area contributed by atoms with Gasteiger partial charge in [0.15, 0.2) is 0 Å². The van der Waals surface area contributed by atoms with E-state index in [2.05, 4.69) is 0 Å². The fourth-order valence-electron chi connectivity index (χ4n) is 0.231. The lowest BCUT2D eigenvalue weighted by Gasteiger charge is -1.92. The summed E-state index contributed by atoms with van der Waals surface area (Å²) in [5, 5.41) is 7.92. The minimum absolute atomic E-state index is 0.0243. The van der Waals surface area contributed by atoms with Crippen LogP contribution >= 0.6 is 0 Å². The van der Waals surface area contributed by atoms with Crippen LogP contribution in [0.5, 0.6) is 0 Å². The molecule has 4 nitrogen and oxygen atoms in total. The summed E-state index contributed by atoms with van der Waals surface area (Å²) in [7, 11) is -2.91. The van der Waals surface area contributed by atoms with Crippen LogP contribution < -0.4 is 5.48 Å². The van der Waals surface area contributed by atoms with E-state index in [9.17, 15) is 8.42 Å². The lowest BCUT2D eigenvalue weighted by Crippen LogP contribution is -2.18. The molecule has 0 fully saturated rings. The Bertz CT molecular complexity index is 139. The fourth-order valence-corrected chi connectivity index (χ4v) is 0.693. The average molecular weight is 139 g/mol. The molecule has 0 aromatic heterocycles. The molecule has 0 bridgehead atoms. The van der Waals surface area contributed by atoms with E-state index in [1.54, 1.807) is 5.48 Å². The molecule has 0 spiro atoms. The molecule has 5 heteroatoms. The maximum Gasteiger partial charge on any atom is 0.148 e. The third-order valence-corrected chi connectivity index (χ3v) is 1.53. The van der Waals surface area contributed by atoms with Gasteiger partial charge in [0, 0.05) is 12.8 Å². The number of hydrogen-bond donors (Lipinski definition) is 2. The zero-order valence-corrected chi connectivity index (χ0v) is 5.40. The Hall–Kier alpha value is -0.130. The molecule has 0 aliphatic heterocycles. The zero-order chi connectivity index (χ0) is 6.62. The molecule has 0 saturated carbocycles. The molecule has 0 saturated heterocycles. The second-order valence-corrected chi connectivity index (χ2v) is 3.80. The van der Waals surface area contributed by atoms with Crippen LogP contribution in [0.3, 0.4) is 0 Å². The molecule has 0 amide bonds. The van der Waals surface area contributed by atoms with E-state index in [0.29, 0.717) is 0 Å². The average Bonchev–Trinajstić information content (AvgIpc) is 1.59. The number of hydroxylamine groups is 1. The highest BCUT2D eigenvalue weighted by Gasteiger charge is 1.98. The van der Waals surface area contributed by atoms with Crippen LogP contribution in [0.25, 0.3) is 0 Å². The van der Waals surface area contributed by atoms with E-state index >= 15 is 0 Å². The van der Waals surface area contributed by atoms with Crippen molar-refractivity contribution >= 4 is 9.84 Å². The summed E-state index contributed by atoms with van der Waals surface area (Å²) in [6, 6.07) is 0. The number of nitrogens with one attached hydrogen (secondary N) is 1. The van der Waals surface area contributed by atoms with E-state index in [-0.39, 0.29) is 12.3 Å². The van der Waals surface area contributed by atoms with Gasteiger partial charge in [-0.2, -0.15) is 0 Å². The van der Waals surface area contributed by atoms with E-state index in [1.165, 1.54) is 0 Å². The van der Waals surface area contributed by atoms with E-state index in [0.717, 1.165) is 6.26 Å².